The van der Waals surface area contributed by atoms with Crippen molar-refractivity contribution in [2.45, 2.75) is 45.2 Å². The molecular weight excluding hydrogens is 172 g/mol. The van der Waals surface area contributed by atoms with Crippen LogP contribution in [0.2, 0.25) is 0 Å². The van der Waals surface area contributed by atoms with E-state index >= 15 is 0 Å². The molecular formula is C12H26N2. The third-order valence-corrected chi connectivity index (χ3v) is 3.35. The summed E-state index contributed by atoms with van der Waals surface area (Å²) in [6, 6.07) is 0.373. The highest BCUT2D eigenvalue weighted by molar-refractivity contribution is 5.05. The van der Waals surface area contributed by atoms with Crippen LogP contribution in [0.15, 0.2) is 12.7 Å². The van der Waals surface area contributed by atoms with E-state index in [1.165, 1.54) is 0 Å². The molecule has 1 N–H and O–H groups in total. The van der Waals surface area contributed by atoms with E-state index in [0.29, 0.717) is 6.04 Å². The summed E-state index contributed by atoms with van der Waals surface area (Å²) in [7, 11) is 4.31. The number of hydrogen-bond acceptors (Lipinski definition) is 2. The van der Waals surface area contributed by atoms with Crippen molar-refractivity contribution < 1.29 is 0 Å². The molecule has 1 atom stereocenters. The number of nitrogens with zero attached hydrogens (tertiary/aromatic N) is 1. The van der Waals surface area contributed by atoms with Crippen LogP contribution in [0.4, 0.5) is 0 Å². The molecule has 14 heavy (non-hydrogen) atoms. The van der Waals surface area contributed by atoms with E-state index < -0.39 is 0 Å². The lowest BCUT2D eigenvalue weighted by Gasteiger charge is -2.44. The van der Waals surface area contributed by atoms with E-state index in [4.69, 9.17) is 0 Å². The normalized spacial score (nSPS) is 14.4. The van der Waals surface area contributed by atoms with Gasteiger partial charge in [0.05, 0.1) is 0 Å². The van der Waals surface area contributed by atoms with Gasteiger partial charge in [0.15, 0.2) is 0 Å². The molecule has 0 aliphatic rings. The molecule has 0 spiro atoms. The van der Waals surface area contributed by atoms with Gasteiger partial charge in [-0.05, 0) is 33.5 Å². The summed E-state index contributed by atoms with van der Waals surface area (Å²) in [5, 5.41) is 3.50. The van der Waals surface area contributed by atoms with E-state index in [-0.39, 0.29) is 5.54 Å². The number of nitrogens with one attached hydrogen (secondary N) is 1. The molecule has 0 aromatic carbocycles. The average Bonchev–Trinajstić information content (AvgIpc) is 2.18. The fourth-order valence-electron chi connectivity index (χ4n) is 2.31. The molecule has 0 rings (SSSR count). The highest BCUT2D eigenvalue weighted by atomic mass is 15.2. The van der Waals surface area contributed by atoms with Crippen LogP contribution >= 0.6 is 0 Å². The minimum absolute atomic E-state index is 0.206. The van der Waals surface area contributed by atoms with E-state index in [0.717, 1.165) is 19.4 Å². The van der Waals surface area contributed by atoms with Crippen LogP contribution in [-0.2, 0) is 0 Å². The molecule has 0 heterocycles. The van der Waals surface area contributed by atoms with Gasteiger partial charge in [0.2, 0.25) is 0 Å². The van der Waals surface area contributed by atoms with Crippen LogP contribution in [0.25, 0.3) is 0 Å². The summed E-state index contributed by atoms with van der Waals surface area (Å²) in [4.78, 5) is 2.32. The first-order valence-electron chi connectivity index (χ1n) is 5.62. The van der Waals surface area contributed by atoms with Crippen LogP contribution in [-0.4, -0.2) is 37.1 Å². The maximum Gasteiger partial charge on any atom is 0.0433 e. The third-order valence-electron chi connectivity index (χ3n) is 3.35. The lowest BCUT2D eigenvalue weighted by atomic mass is 9.83. The Labute approximate surface area is 89.4 Å². The van der Waals surface area contributed by atoms with Crippen molar-refractivity contribution in [3.05, 3.63) is 12.7 Å². The van der Waals surface area contributed by atoms with Crippen LogP contribution in [0, 0.1) is 0 Å². The summed E-state index contributed by atoms with van der Waals surface area (Å²) >= 11 is 0. The summed E-state index contributed by atoms with van der Waals surface area (Å²) < 4.78 is 0. The van der Waals surface area contributed by atoms with Crippen LogP contribution in [0.5, 0.6) is 0 Å². The van der Waals surface area contributed by atoms with Gasteiger partial charge in [-0.3, -0.25) is 0 Å². The van der Waals surface area contributed by atoms with E-state index in [1.807, 2.05) is 6.08 Å². The van der Waals surface area contributed by atoms with Crippen molar-refractivity contribution in [3.63, 3.8) is 0 Å². The Balaban J connectivity index is 4.82. The van der Waals surface area contributed by atoms with Crippen molar-refractivity contribution in [1.82, 2.24) is 10.2 Å². The number of hydrogen-bond donors (Lipinski definition) is 1. The summed E-state index contributed by atoms with van der Waals surface area (Å²) in [5.74, 6) is 0. The third kappa shape index (κ3) is 2.58. The molecule has 0 bridgehead atoms. The first-order chi connectivity index (χ1) is 6.58. The van der Waals surface area contributed by atoms with Gasteiger partial charge in [0.1, 0.15) is 0 Å². The van der Waals surface area contributed by atoms with Gasteiger partial charge in [0, 0.05) is 11.6 Å². The predicted molar refractivity (Wildman–Crippen MR) is 64.7 cm³/mol. The Morgan fingerprint density at radius 2 is 1.79 bits per heavy atom. The molecule has 0 aromatic rings. The average molecular weight is 198 g/mol. The first-order valence-corrected chi connectivity index (χ1v) is 5.62. The highest BCUT2D eigenvalue weighted by Gasteiger charge is 2.35. The zero-order chi connectivity index (χ0) is 11.2. The largest absolute Gasteiger partial charge is 0.309 e. The fraction of sp³-hybridized carbons (Fsp3) is 0.833. The molecule has 84 valence electrons. The van der Waals surface area contributed by atoms with E-state index in [9.17, 15) is 0 Å². The molecule has 0 aliphatic carbocycles. The second-order valence-electron chi connectivity index (χ2n) is 3.98. The smallest absolute Gasteiger partial charge is 0.0433 e. The molecule has 1 unspecified atom stereocenters. The monoisotopic (exact) mass is 198 g/mol. The minimum atomic E-state index is 0.206. The molecule has 0 fully saturated rings. The summed E-state index contributed by atoms with van der Waals surface area (Å²) in [6.07, 6.45) is 4.32. The van der Waals surface area contributed by atoms with Crippen LogP contribution in [0.1, 0.15) is 33.6 Å². The van der Waals surface area contributed by atoms with E-state index in [2.05, 4.69) is 51.7 Å². The SMILES string of the molecule is C=CC(NCC)C(CC)(CC)N(C)C. The number of likely N-dealkylation sites (N-methyl/N-ethyl adjacent to an activating group) is 2. The maximum absolute atomic E-state index is 3.93. The first kappa shape index (κ1) is 13.7. The second kappa shape index (κ2) is 6.20. The van der Waals surface area contributed by atoms with Crippen LogP contribution < -0.4 is 5.32 Å². The standard InChI is InChI=1S/C12H26N2/c1-7-11(13-10-4)12(8-2,9-3)14(5)6/h7,11,13H,1,8-10H2,2-6H3. The fourth-order valence-corrected chi connectivity index (χ4v) is 2.31. The molecule has 2 heteroatoms. The molecule has 0 saturated carbocycles. The summed E-state index contributed by atoms with van der Waals surface area (Å²) in [5.41, 5.74) is 0.206. The minimum Gasteiger partial charge on any atom is -0.309 e. The Bertz CT molecular complexity index is 160. The van der Waals surface area contributed by atoms with Gasteiger partial charge in [-0.25, -0.2) is 0 Å². The lowest BCUT2D eigenvalue weighted by molar-refractivity contribution is 0.108. The maximum atomic E-state index is 3.93. The van der Waals surface area contributed by atoms with Crippen molar-refractivity contribution in [1.29, 1.82) is 0 Å². The van der Waals surface area contributed by atoms with Crippen molar-refractivity contribution in [3.8, 4) is 0 Å². The van der Waals surface area contributed by atoms with Gasteiger partial charge in [-0.2, -0.15) is 0 Å². The Morgan fingerprint density at radius 3 is 2.00 bits per heavy atom. The van der Waals surface area contributed by atoms with E-state index in [1.54, 1.807) is 0 Å². The zero-order valence-electron chi connectivity index (χ0n) is 10.4. The molecule has 2 nitrogen and oxygen atoms in total. The van der Waals surface area contributed by atoms with Gasteiger partial charge in [-0.15, -0.1) is 6.58 Å². The molecule has 0 aromatic heterocycles. The topological polar surface area (TPSA) is 15.3 Å². The van der Waals surface area contributed by atoms with Crippen LogP contribution in [0.3, 0.4) is 0 Å². The van der Waals surface area contributed by atoms with Crippen molar-refractivity contribution >= 4 is 0 Å². The van der Waals surface area contributed by atoms with Gasteiger partial charge >= 0.3 is 0 Å². The molecule has 0 radical (unpaired) electrons. The molecule has 0 saturated heterocycles. The molecule has 0 amide bonds. The van der Waals surface area contributed by atoms with Gasteiger partial charge in [-0.1, -0.05) is 26.8 Å². The van der Waals surface area contributed by atoms with Crippen molar-refractivity contribution in [2.75, 3.05) is 20.6 Å². The lowest BCUT2D eigenvalue weighted by Crippen LogP contribution is -2.57. The quantitative estimate of drug-likeness (QED) is 0.631. The van der Waals surface area contributed by atoms with Gasteiger partial charge < -0.3 is 10.2 Å². The predicted octanol–water partition coefficient (Wildman–Crippen LogP) is 2.27. The Kier molecular flexibility index (Phi) is 6.05. The van der Waals surface area contributed by atoms with Gasteiger partial charge in [0.25, 0.3) is 0 Å². The Hall–Kier alpha value is -0.340. The number of rotatable bonds is 7. The second-order valence-corrected chi connectivity index (χ2v) is 3.98. The summed E-state index contributed by atoms with van der Waals surface area (Å²) in [6.45, 7) is 11.6. The Morgan fingerprint density at radius 1 is 1.29 bits per heavy atom. The highest BCUT2D eigenvalue weighted by Crippen LogP contribution is 2.26. The molecule has 0 aliphatic heterocycles. The van der Waals surface area contributed by atoms with Crippen molar-refractivity contribution in [2.24, 2.45) is 0 Å². The zero-order valence-corrected chi connectivity index (χ0v) is 10.4.